The summed E-state index contributed by atoms with van der Waals surface area (Å²) >= 11 is 0. The first-order valence-corrected chi connectivity index (χ1v) is 8.31. The Kier molecular flexibility index (Phi) is 4.81. The van der Waals surface area contributed by atoms with E-state index in [1.54, 1.807) is 0 Å². The molecule has 0 radical (unpaired) electrons. The van der Waals surface area contributed by atoms with Crippen LogP contribution in [0.1, 0.15) is 25.7 Å². The van der Waals surface area contributed by atoms with Gasteiger partial charge >= 0.3 is 5.97 Å². The topological polar surface area (TPSA) is 72.9 Å². The summed E-state index contributed by atoms with van der Waals surface area (Å²) in [5.74, 6) is 0.220. The van der Waals surface area contributed by atoms with E-state index in [4.69, 9.17) is 4.74 Å². The van der Waals surface area contributed by atoms with E-state index < -0.39 is 22.1 Å². The molecule has 2 fully saturated rings. The van der Waals surface area contributed by atoms with Crippen molar-refractivity contribution in [2.45, 2.75) is 31.8 Å². The zero-order valence-corrected chi connectivity index (χ0v) is 12.0. The Hall–Kier alpha value is -0.660. The summed E-state index contributed by atoms with van der Waals surface area (Å²) in [5.41, 5.74) is 0. The third-order valence-electron chi connectivity index (χ3n) is 3.90. The molecule has 0 aromatic rings. The van der Waals surface area contributed by atoms with Crippen molar-refractivity contribution in [3.05, 3.63) is 0 Å². The molecule has 1 saturated carbocycles. The van der Waals surface area contributed by atoms with Crippen LogP contribution in [-0.2, 0) is 24.3 Å². The van der Waals surface area contributed by atoms with Crippen LogP contribution in [0.3, 0.4) is 0 Å². The van der Waals surface area contributed by atoms with Crippen molar-refractivity contribution >= 4 is 16.0 Å². The molecule has 0 bridgehead atoms. The molecule has 6 nitrogen and oxygen atoms in total. The number of methoxy groups -OCH3 is 1. The van der Waals surface area contributed by atoms with Gasteiger partial charge in [0.15, 0.2) is 6.10 Å². The number of rotatable bonds is 5. The zero-order valence-electron chi connectivity index (χ0n) is 11.2. The van der Waals surface area contributed by atoms with Crippen molar-refractivity contribution in [1.29, 1.82) is 0 Å². The Morgan fingerprint density at radius 3 is 2.74 bits per heavy atom. The summed E-state index contributed by atoms with van der Waals surface area (Å²) in [6.45, 7) is 0.628. The lowest BCUT2D eigenvalue weighted by molar-refractivity contribution is -0.157. The van der Waals surface area contributed by atoms with E-state index >= 15 is 0 Å². The molecule has 19 heavy (non-hydrogen) atoms. The summed E-state index contributed by atoms with van der Waals surface area (Å²) in [6.07, 6.45) is 3.43. The number of esters is 1. The SMILES string of the molecule is COC(=O)C1CN(S(=O)(=O)CCC2CCC2)CCO1. The van der Waals surface area contributed by atoms with Crippen molar-refractivity contribution in [2.75, 3.05) is 32.6 Å². The largest absolute Gasteiger partial charge is 0.467 e. The minimum absolute atomic E-state index is 0.0691. The van der Waals surface area contributed by atoms with Crippen LogP contribution in [0.25, 0.3) is 0 Å². The normalized spacial score (nSPS) is 25.8. The number of nitrogens with zero attached hydrogens (tertiary/aromatic N) is 1. The van der Waals surface area contributed by atoms with E-state index in [2.05, 4.69) is 4.74 Å². The van der Waals surface area contributed by atoms with Gasteiger partial charge in [-0.05, 0) is 12.3 Å². The molecule has 0 aromatic heterocycles. The highest BCUT2D eigenvalue weighted by molar-refractivity contribution is 7.89. The Bertz CT molecular complexity index is 418. The molecule has 7 heteroatoms. The average molecular weight is 291 g/mol. The van der Waals surface area contributed by atoms with E-state index in [0.717, 1.165) is 19.3 Å². The predicted octanol–water partition coefficient (Wildman–Crippen LogP) is 0.380. The highest BCUT2D eigenvalue weighted by Gasteiger charge is 2.34. The lowest BCUT2D eigenvalue weighted by atomic mass is 9.84. The van der Waals surface area contributed by atoms with Crippen molar-refractivity contribution in [3.8, 4) is 0 Å². The molecule has 1 atom stereocenters. The van der Waals surface area contributed by atoms with Crippen LogP contribution in [0.2, 0.25) is 0 Å². The third kappa shape index (κ3) is 3.67. The minimum Gasteiger partial charge on any atom is -0.467 e. The fraction of sp³-hybridized carbons (Fsp3) is 0.917. The smallest absolute Gasteiger partial charge is 0.336 e. The molecular formula is C12H21NO5S. The van der Waals surface area contributed by atoms with E-state index in [1.165, 1.54) is 17.8 Å². The molecule has 110 valence electrons. The van der Waals surface area contributed by atoms with Gasteiger partial charge < -0.3 is 9.47 Å². The molecule has 0 amide bonds. The Labute approximate surface area is 114 Å². The van der Waals surface area contributed by atoms with E-state index in [0.29, 0.717) is 12.5 Å². The summed E-state index contributed by atoms with van der Waals surface area (Å²) in [7, 11) is -2.01. The highest BCUT2D eigenvalue weighted by atomic mass is 32.2. The third-order valence-corrected chi connectivity index (χ3v) is 5.77. The fourth-order valence-corrected chi connectivity index (χ4v) is 3.98. The van der Waals surface area contributed by atoms with Crippen LogP contribution in [0, 0.1) is 5.92 Å². The molecule has 1 aliphatic heterocycles. The maximum absolute atomic E-state index is 12.2. The maximum atomic E-state index is 12.2. The predicted molar refractivity (Wildman–Crippen MR) is 69.1 cm³/mol. The molecule has 0 aromatic carbocycles. The molecule has 1 unspecified atom stereocenters. The van der Waals surface area contributed by atoms with E-state index in [1.807, 2.05) is 0 Å². The first-order chi connectivity index (χ1) is 9.03. The Morgan fingerprint density at radius 1 is 1.42 bits per heavy atom. The van der Waals surface area contributed by atoms with Crippen LogP contribution in [0.4, 0.5) is 0 Å². The second kappa shape index (κ2) is 6.19. The zero-order chi connectivity index (χ0) is 13.9. The number of ether oxygens (including phenoxy) is 2. The number of sulfonamides is 1. The molecule has 1 saturated heterocycles. The van der Waals surface area contributed by atoms with Gasteiger partial charge in [0.2, 0.25) is 10.0 Å². The molecule has 2 aliphatic rings. The quantitative estimate of drug-likeness (QED) is 0.685. The molecular weight excluding hydrogens is 270 g/mol. The van der Waals surface area contributed by atoms with Crippen molar-refractivity contribution in [3.63, 3.8) is 0 Å². The van der Waals surface area contributed by atoms with Crippen LogP contribution in [0.15, 0.2) is 0 Å². The molecule has 1 aliphatic carbocycles. The molecule has 0 N–H and O–H groups in total. The van der Waals surface area contributed by atoms with Crippen molar-refractivity contribution < 1.29 is 22.7 Å². The minimum atomic E-state index is -3.28. The van der Waals surface area contributed by atoms with Crippen LogP contribution >= 0.6 is 0 Å². The van der Waals surface area contributed by atoms with Gasteiger partial charge in [-0.1, -0.05) is 19.3 Å². The van der Waals surface area contributed by atoms with Gasteiger partial charge in [0, 0.05) is 6.54 Å². The van der Waals surface area contributed by atoms with E-state index in [-0.39, 0.29) is 18.9 Å². The van der Waals surface area contributed by atoms with Gasteiger partial charge in [-0.25, -0.2) is 13.2 Å². The Balaban J connectivity index is 1.89. The summed E-state index contributed by atoms with van der Waals surface area (Å²) in [6, 6.07) is 0. The monoisotopic (exact) mass is 291 g/mol. The number of hydrogen-bond acceptors (Lipinski definition) is 5. The first kappa shape index (κ1) is 14.7. The van der Waals surface area contributed by atoms with Gasteiger partial charge in [-0.15, -0.1) is 0 Å². The average Bonchev–Trinajstić information content (AvgIpc) is 2.36. The first-order valence-electron chi connectivity index (χ1n) is 6.70. The number of hydrogen-bond donors (Lipinski definition) is 0. The summed E-state index contributed by atoms with van der Waals surface area (Å²) < 4.78 is 35.6. The number of morpholine rings is 1. The van der Waals surface area contributed by atoms with Gasteiger partial charge in [0.25, 0.3) is 0 Å². The van der Waals surface area contributed by atoms with E-state index in [9.17, 15) is 13.2 Å². The highest BCUT2D eigenvalue weighted by Crippen LogP contribution is 2.30. The summed E-state index contributed by atoms with van der Waals surface area (Å²) in [5, 5.41) is 0. The summed E-state index contributed by atoms with van der Waals surface area (Å²) in [4.78, 5) is 11.4. The van der Waals surface area contributed by atoms with Crippen molar-refractivity contribution in [2.24, 2.45) is 5.92 Å². The lowest BCUT2D eigenvalue weighted by Crippen LogP contribution is -2.49. The van der Waals surface area contributed by atoms with Crippen LogP contribution in [0.5, 0.6) is 0 Å². The van der Waals surface area contributed by atoms with Crippen LogP contribution in [-0.4, -0.2) is 57.4 Å². The standard InChI is InChI=1S/C12H21NO5S/c1-17-12(14)11-9-13(6-7-18-11)19(15,16)8-5-10-3-2-4-10/h10-11H,2-9H2,1H3. The van der Waals surface area contributed by atoms with Gasteiger partial charge in [-0.2, -0.15) is 4.31 Å². The molecule has 0 spiro atoms. The second-order valence-electron chi connectivity index (χ2n) is 5.14. The number of carbonyl (C=O) groups excluding carboxylic acids is 1. The van der Waals surface area contributed by atoms with Crippen molar-refractivity contribution in [1.82, 2.24) is 4.31 Å². The fourth-order valence-electron chi connectivity index (χ4n) is 2.38. The van der Waals surface area contributed by atoms with Gasteiger partial charge in [0.1, 0.15) is 0 Å². The van der Waals surface area contributed by atoms with Gasteiger partial charge in [-0.3, -0.25) is 0 Å². The second-order valence-corrected chi connectivity index (χ2v) is 7.23. The van der Waals surface area contributed by atoms with Gasteiger partial charge in [0.05, 0.1) is 26.0 Å². The Morgan fingerprint density at radius 2 is 2.16 bits per heavy atom. The molecule has 2 rings (SSSR count). The molecule has 1 heterocycles. The maximum Gasteiger partial charge on any atom is 0.336 e. The van der Waals surface area contributed by atoms with Crippen LogP contribution < -0.4 is 0 Å². The lowest BCUT2D eigenvalue weighted by Gasteiger charge is -2.32. The number of carbonyl (C=O) groups is 1.